The van der Waals surface area contributed by atoms with Gasteiger partial charge in [-0.2, -0.15) is 0 Å². The maximum atomic E-state index is 10.9. The van der Waals surface area contributed by atoms with Gasteiger partial charge in [-0.15, -0.1) is 0 Å². The Labute approximate surface area is 97.0 Å². The molecular weight excluding hydrogens is 200 g/mol. The highest BCUT2D eigenvalue weighted by atomic mass is 16.2. The first kappa shape index (κ1) is 12.6. The van der Waals surface area contributed by atoms with Gasteiger partial charge in [0.2, 0.25) is 0 Å². The second-order valence-electron chi connectivity index (χ2n) is 3.97. The molecule has 1 atom stereocenters. The highest BCUT2D eigenvalue weighted by Gasteiger charge is 2.11. The minimum absolute atomic E-state index is 0.0465. The van der Waals surface area contributed by atoms with Gasteiger partial charge in [-0.05, 0) is 12.0 Å². The third-order valence-corrected chi connectivity index (χ3v) is 2.61. The van der Waals surface area contributed by atoms with Gasteiger partial charge in [-0.1, -0.05) is 56.5 Å². The van der Waals surface area contributed by atoms with Crippen molar-refractivity contribution >= 4 is 6.03 Å². The third kappa shape index (κ3) is 4.34. The maximum absolute atomic E-state index is 10.9. The van der Waals surface area contributed by atoms with E-state index < -0.39 is 6.03 Å². The molecule has 0 saturated heterocycles. The topological polar surface area (TPSA) is 55.1 Å². The van der Waals surface area contributed by atoms with Crippen molar-refractivity contribution in [3.05, 3.63) is 35.9 Å². The summed E-state index contributed by atoms with van der Waals surface area (Å²) in [4.78, 5) is 10.9. The summed E-state index contributed by atoms with van der Waals surface area (Å²) < 4.78 is 0. The summed E-state index contributed by atoms with van der Waals surface area (Å²) in [6.45, 7) is 2.17. The summed E-state index contributed by atoms with van der Waals surface area (Å²) in [6.07, 6.45) is 4.42. The zero-order chi connectivity index (χ0) is 11.8. The number of carbonyl (C=O) groups excluding carboxylic acids is 1. The van der Waals surface area contributed by atoms with Crippen molar-refractivity contribution in [1.29, 1.82) is 0 Å². The average molecular weight is 220 g/mol. The van der Waals surface area contributed by atoms with Crippen LogP contribution in [0.5, 0.6) is 0 Å². The molecule has 88 valence electrons. The van der Waals surface area contributed by atoms with Gasteiger partial charge in [0.15, 0.2) is 0 Å². The van der Waals surface area contributed by atoms with Crippen molar-refractivity contribution in [1.82, 2.24) is 5.32 Å². The normalized spacial score (nSPS) is 12.1. The lowest BCUT2D eigenvalue weighted by Gasteiger charge is -2.17. The number of primary amides is 1. The van der Waals surface area contributed by atoms with E-state index in [2.05, 4.69) is 12.2 Å². The molecule has 0 aliphatic carbocycles. The fourth-order valence-electron chi connectivity index (χ4n) is 1.78. The molecule has 16 heavy (non-hydrogen) atoms. The summed E-state index contributed by atoms with van der Waals surface area (Å²) in [7, 11) is 0. The number of unbranched alkanes of at least 4 members (excludes halogenated alkanes) is 2. The van der Waals surface area contributed by atoms with E-state index in [1.165, 1.54) is 12.8 Å². The molecule has 3 nitrogen and oxygen atoms in total. The molecule has 3 N–H and O–H groups in total. The van der Waals surface area contributed by atoms with E-state index in [-0.39, 0.29) is 6.04 Å². The molecule has 0 radical (unpaired) electrons. The Hall–Kier alpha value is -1.51. The second kappa shape index (κ2) is 6.88. The van der Waals surface area contributed by atoms with E-state index in [0.29, 0.717) is 0 Å². The lowest BCUT2D eigenvalue weighted by Crippen LogP contribution is -2.33. The Morgan fingerprint density at radius 3 is 2.56 bits per heavy atom. The van der Waals surface area contributed by atoms with Crippen LogP contribution in [0.2, 0.25) is 0 Å². The van der Waals surface area contributed by atoms with Crippen molar-refractivity contribution < 1.29 is 4.79 Å². The lowest BCUT2D eigenvalue weighted by atomic mass is 10.0. The summed E-state index contributed by atoms with van der Waals surface area (Å²) >= 11 is 0. The number of amides is 2. The number of urea groups is 1. The Morgan fingerprint density at radius 2 is 2.00 bits per heavy atom. The predicted molar refractivity (Wildman–Crippen MR) is 66.0 cm³/mol. The first-order chi connectivity index (χ1) is 7.74. The maximum Gasteiger partial charge on any atom is 0.312 e. The van der Waals surface area contributed by atoms with Crippen molar-refractivity contribution in [2.45, 2.75) is 38.6 Å². The summed E-state index contributed by atoms with van der Waals surface area (Å²) in [5, 5.41) is 2.79. The van der Waals surface area contributed by atoms with Crippen molar-refractivity contribution in [3.63, 3.8) is 0 Å². The Balaban J connectivity index is 2.60. The van der Waals surface area contributed by atoms with Crippen LogP contribution in [0.15, 0.2) is 30.3 Å². The molecule has 3 heteroatoms. The summed E-state index contributed by atoms with van der Waals surface area (Å²) in [5.74, 6) is 0. The summed E-state index contributed by atoms with van der Waals surface area (Å²) in [6, 6.07) is 9.56. The number of hydrogen-bond acceptors (Lipinski definition) is 1. The van der Waals surface area contributed by atoms with Gasteiger partial charge in [0, 0.05) is 0 Å². The standard InChI is InChI=1S/C13H20N2O/c1-2-3-5-10-12(15-13(14)16)11-8-6-4-7-9-11/h4,6-9,12H,2-3,5,10H2,1H3,(H3,14,15,16). The quantitative estimate of drug-likeness (QED) is 0.711. The third-order valence-electron chi connectivity index (χ3n) is 2.61. The van der Waals surface area contributed by atoms with Gasteiger partial charge in [-0.3, -0.25) is 0 Å². The van der Waals surface area contributed by atoms with Gasteiger partial charge in [0.05, 0.1) is 6.04 Å². The van der Waals surface area contributed by atoms with Crippen LogP contribution in [-0.2, 0) is 0 Å². The zero-order valence-corrected chi connectivity index (χ0v) is 9.78. The zero-order valence-electron chi connectivity index (χ0n) is 9.78. The molecule has 1 aromatic carbocycles. The van der Waals surface area contributed by atoms with Crippen LogP contribution in [0.3, 0.4) is 0 Å². The van der Waals surface area contributed by atoms with Crippen molar-refractivity contribution in [3.8, 4) is 0 Å². The summed E-state index contributed by atoms with van der Waals surface area (Å²) in [5.41, 5.74) is 6.31. The van der Waals surface area contributed by atoms with Gasteiger partial charge in [0.25, 0.3) is 0 Å². The minimum atomic E-state index is -0.453. The molecule has 0 fully saturated rings. The van der Waals surface area contributed by atoms with Crippen LogP contribution in [0.4, 0.5) is 4.79 Å². The van der Waals surface area contributed by atoms with Gasteiger partial charge >= 0.3 is 6.03 Å². The first-order valence-corrected chi connectivity index (χ1v) is 5.85. The average Bonchev–Trinajstić information content (AvgIpc) is 2.29. The van der Waals surface area contributed by atoms with Crippen molar-refractivity contribution in [2.75, 3.05) is 0 Å². The van der Waals surface area contributed by atoms with Crippen LogP contribution in [0.25, 0.3) is 0 Å². The van der Waals surface area contributed by atoms with Crippen molar-refractivity contribution in [2.24, 2.45) is 5.73 Å². The molecule has 2 amide bonds. The monoisotopic (exact) mass is 220 g/mol. The Kier molecular flexibility index (Phi) is 5.40. The molecule has 1 aromatic rings. The molecule has 0 aliphatic heterocycles. The number of carbonyl (C=O) groups is 1. The molecule has 1 rings (SSSR count). The predicted octanol–water partition coefficient (Wildman–Crippen LogP) is 2.98. The van der Waals surface area contributed by atoms with E-state index >= 15 is 0 Å². The number of nitrogens with two attached hydrogens (primary N) is 1. The molecule has 0 bridgehead atoms. The largest absolute Gasteiger partial charge is 0.352 e. The minimum Gasteiger partial charge on any atom is -0.352 e. The fourth-order valence-corrected chi connectivity index (χ4v) is 1.78. The number of nitrogens with one attached hydrogen (secondary N) is 1. The SMILES string of the molecule is CCCCCC(NC(N)=O)c1ccccc1. The van der Waals surface area contributed by atoms with Gasteiger partial charge in [0.1, 0.15) is 0 Å². The van der Waals surface area contributed by atoms with Crippen LogP contribution < -0.4 is 11.1 Å². The van der Waals surface area contributed by atoms with E-state index in [1.54, 1.807) is 0 Å². The number of rotatable bonds is 6. The van der Waals surface area contributed by atoms with Crippen LogP contribution in [-0.4, -0.2) is 6.03 Å². The molecule has 0 aromatic heterocycles. The molecule has 0 spiro atoms. The molecular formula is C13H20N2O. The van der Waals surface area contributed by atoms with Crippen LogP contribution in [0, 0.1) is 0 Å². The molecule has 0 heterocycles. The van der Waals surface area contributed by atoms with Crippen LogP contribution >= 0.6 is 0 Å². The number of benzene rings is 1. The fraction of sp³-hybridized carbons (Fsp3) is 0.462. The number of hydrogen-bond donors (Lipinski definition) is 2. The molecule has 1 unspecified atom stereocenters. The second-order valence-corrected chi connectivity index (χ2v) is 3.97. The smallest absolute Gasteiger partial charge is 0.312 e. The van der Waals surface area contributed by atoms with E-state index in [9.17, 15) is 4.79 Å². The van der Waals surface area contributed by atoms with Crippen LogP contribution in [0.1, 0.15) is 44.2 Å². The highest BCUT2D eigenvalue weighted by molar-refractivity contribution is 5.72. The Bertz CT molecular complexity index is 311. The van der Waals surface area contributed by atoms with E-state index in [0.717, 1.165) is 18.4 Å². The molecule has 0 aliphatic rings. The van der Waals surface area contributed by atoms with E-state index in [4.69, 9.17) is 5.73 Å². The van der Waals surface area contributed by atoms with Gasteiger partial charge < -0.3 is 11.1 Å². The Morgan fingerprint density at radius 1 is 1.31 bits per heavy atom. The lowest BCUT2D eigenvalue weighted by molar-refractivity contribution is 0.244. The molecule has 0 saturated carbocycles. The highest BCUT2D eigenvalue weighted by Crippen LogP contribution is 2.19. The first-order valence-electron chi connectivity index (χ1n) is 5.85. The van der Waals surface area contributed by atoms with E-state index in [1.807, 2.05) is 30.3 Å². The van der Waals surface area contributed by atoms with Gasteiger partial charge in [-0.25, -0.2) is 4.79 Å².